The summed E-state index contributed by atoms with van der Waals surface area (Å²) in [5.41, 5.74) is 2.41. The van der Waals surface area contributed by atoms with E-state index in [1.807, 2.05) is 24.3 Å². The van der Waals surface area contributed by atoms with Gasteiger partial charge in [0, 0.05) is 12.3 Å². The number of hydrogen-bond donors (Lipinski definition) is 1. The molecular formula is C20H17N3O4S. The number of fused-ring (bicyclic) bond motifs is 2. The normalized spacial score (nSPS) is 13.4. The van der Waals surface area contributed by atoms with Crippen LogP contribution in [0.4, 0.5) is 0 Å². The molecular weight excluding hydrogens is 378 g/mol. The average molecular weight is 395 g/mol. The van der Waals surface area contributed by atoms with Gasteiger partial charge in [-0.2, -0.15) is 0 Å². The van der Waals surface area contributed by atoms with Crippen LogP contribution in [0.15, 0.2) is 53.7 Å². The Bertz CT molecular complexity index is 1060. The fraction of sp³-hybridized carbons (Fsp3) is 0.200. The second kappa shape index (κ2) is 7.47. The molecule has 2 heterocycles. The van der Waals surface area contributed by atoms with Gasteiger partial charge in [0.15, 0.2) is 5.16 Å². The maximum atomic E-state index is 12.4. The SMILES string of the molecule is O=C(O)Cn1c(SCCCN2C(=O)c3ccccc3C2=O)nc2ccccc21. The molecule has 142 valence electrons. The number of aromatic nitrogens is 2. The molecule has 0 saturated carbocycles. The Labute approximate surface area is 165 Å². The highest BCUT2D eigenvalue weighted by molar-refractivity contribution is 7.99. The number of hydrogen-bond acceptors (Lipinski definition) is 5. The molecule has 4 rings (SSSR count). The first-order valence-corrected chi connectivity index (χ1v) is 9.80. The number of nitrogens with zero attached hydrogens (tertiary/aromatic N) is 3. The van der Waals surface area contributed by atoms with Gasteiger partial charge in [-0.15, -0.1) is 0 Å². The van der Waals surface area contributed by atoms with Crippen molar-refractivity contribution in [3.8, 4) is 0 Å². The maximum Gasteiger partial charge on any atom is 0.323 e. The summed E-state index contributed by atoms with van der Waals surface area (Å²) in [6.45, 7) is 0.153. The largest absolute Gasteiger partial charge is 0.480 e. The van der Waals surface area contributed by atoms with E-state index in [0.717, 1.165) is 11.0 Å². The molecule has 8 heteroatoms. The summed E-state index contributed by atoms with van der Waals surface area (Å²) in [4.78, 5) is 41.8. The van der Waals surface area contributed by atoms with Crippen molar-refractivity contribution in [3.05, 3.63) is 59.7 Å². The van der Waals surface area contributed by atoms with E-state index < -0.39 is 5.97 Å². The molecule has 0 radical (unpaired) electrons. The number of benzene rings is 2. The van der Waals surface area contributed by atoms with E-state index >= 15 is 0 Å². The standard InChI is InChI=1S/C20H17N3O4S/c24-17(25)12-23-16-9-4-3-8-15(16)21-20(23)28-11-5-10-22-18(26)13-6-1-2-7-14(13)19(22)27/h1-4,6-9H,5,10-12H2,(H,24,25). The summed E-state index contributed by atoms with van der Waals surface area (Å²) in [6, 6.07) is 14.2. The number of carbonyl (C=O) groups excluding carboxylic acids is 2. The fourth-order valence-electron chi connectivity index (χ4n) is 3.28. The Morgan fingerprint density at radius 3 is 2.32 bits per heavy atom. The molecule has 1 aromatic heterocycles. The first-order chi connectivity index (χ1) is 13.6. The van der Waals surface area contributed by atoms with Crippen LogP contribution in [0.5, 0.6) is 0 Å². The number of carboxylic acids is 1. The molecule has 28 heavy (non-hydrogen) atoms. The first kappa shape index (κ1) is 18.2. The van der Waals surface area contributed by atoms with Gasteiger partial charge in [-0.05, 0) is 30.7 Å². The molecule has 2 aromatic carbocycles. The van der Waals surface area contributed by atoms with E-state index in [-0.39, 0.29) is 18.4 Å². The Morgan fingerprint density at radius 1 is 1.00 bits per heavy atom. The number of carbonyl (C=O) groups is 3. The van der Waals surface area contributed by atoms with Crippen molar-refractivity contribution < 1.29 is 19.5 Å². The summed E-state index contributed by atoms with van der Waals surface area (Å²) in [5.74, 6) is -0.848. The van der Waals surface area contributed by atoms with E-state index in [0.29, 0.717) is 35.0 Å². The number of rotatable bonds is 7. The van der Waals surface area contributed by atoms with E-state index in [9.17, 15) is 19.5 Å². The van der Waals surface area contributed by atoms with Gasteiger partial charge < -0.3 is 9.67 Å². The number of imidazole rings is 1. The van der Waals surface area contributed by atoms with E-state index in [1.165, 1.54) is 16.7 Å². The number of amides is 2. The van der Waals surface area contributed by atoms with Crippen molar-refractivity contribution >= 4 is 40.6 Å². The van der Waals surface area contributed by atoms with Crippen LogP contribution in [0.3, 0.4) is 0 Å². The van der Waals surface area contributed by atoms with Gasteiger partial charge in [0.1, 0.15) is 6.54 Å². The van der Waals surface area contributed by atoms with Gasteiger partial charge in [-0.1, -0.05) is 36.0 Å². The number of thioether (sulfide) groups is 1. The first-order valence-electron chi connectivity index (χ1n) is 8.81. The van der Waals surface area contributed by atoms with Crippen LogP contribution in [0.1, 0.15) is 27.1 Å². The third kappa shape index (κ3) is 3.27. The molecule has 1 aliphatic rings. The van der Waals surface area contributed by atoms with Gasteiger partial charge in [-0.3, -0.25) is 19.3 Å². The van der Waals surface area contributed by atoms with Crippen molar-refractivity contribution in [2.75, 3.05) is 12.3 Å². The van der Waals surface area contributed by atoms with Crippen LogP contribution in [-0.4, -0.2) is 49.6 Å². The second-order valence-corrected chi connectivity index (χ2v) is 7.43. The molecule has 2 amide bonds. The van der Waals surface area contributed by atoms with Gasteiger partial charge in [0.2, 0.25) is 0 Å². The Morgan fingerprint density at radius 2 is 1.64 bits per heavy atom. The van der Waals surface area contributed by atoms with E-state index in [4.69, 9.17) is 0 Å². The van der Waals surface area contributed by atoms with Crippen molar-refractivity contribution in [1.82, 2.24) is 14.5 Å². The highest BCUT2D eigenvalue weighted by atomic mass is 32.2. The van der Waals surface area contributed by atoms with Gasteiger partial charge in [0.25, 0.3) is 11.8 Å². The molecule has 0 bridgehead atoms. The Balaban J connectivity index is 1.42. The van der Waals surface area contributed by atoms with Crippen LogP contribution in [0.2, 0.25) is 0 Å². The summed E-state index contributed by atoms with van der Waals surface area (Å²) in [6.07, 6.45) is 0.590. The minimum Gasteiger partial charge on any atom is -0.480 e. The fourth-order valence-corrected chi connectivity index (χ4v) is 4.22. The lowest BCUT2D eigenvalue weighted by Crippen LogP contribution is -2.31. The zero-order chi connectivity index (χ0) is 19.7. The molecule has 7 nitrogen and oxygen atoms in total. The zero-order valence-electron chi connectivity index (χ0n) is 14.9. The van der Waals surface area contributed by atoms with Crippen molar-refractivity contribution in [2.45, 2.75) is 18.1 Å². The van der Waals surface area contributed by atoms with Crippen LogP contribution in [-0.2, 0) is 11.3 Å². The van der Waals surface area contributed by atoms with Gasteiger partial charge in [0.05, 0.1) is 22.2 Å². The van der Waals surface area contributed by atoms with Gasteiger partial charge in [-0.25, -0.2) is 4.98 Å². The Hall–Kier alpha value is -3.13. The quantitative estimate of drug-likeness (QED) is 0.376. The van der Waals surface area contributed by atoms with Crippen LogP contribution < -0.4 is 0 Å². The smallest absolute Gasteiger partial charge is 0.323 e. The predicted octanol–water partition coefficient (Wildman–Crippen LogP) is 2.90. The Kier molecular flexibility index (Phi) is 4.87. The maximum absolute atomic E-state index is 12.4. The molecule has 1 aliphatic heterocycles. The third-order valence-electron chi connectivity index (χ3n) is 4.55. The number of imide groups is 1. The molecule has 0 saturated heterocycles. The van der Waals surface area contributed by atoms with Crippen molar-refractivity contribution in [1.29, 1.82) is 0 Å². The summed E-state index contributed by atoms with van der Waals surface area (Å²) >= 11 is 1.42. The van der Waals surface area contributed by atoms with Crippen LogP contribution in [0.25, 0.3) is 11.0 Å². The number of carboxylic acid groups (broad SMARTS) is 1. The van der Waals surface area contributed by atoms with E-state index in [1.54, 1.807) is 28.8 Å². The molecule has 0 spiro atoms. The lowest BCUT2D eigenvalue weighted by atomic mass is 10.1. The minimum atomic E-state index is -0.934. The predicted molar refractivity (Wildman–Crippen MR) is 105 cm³/mol. The lowest BCUT2D eigenvalue weighted by molar-refractivity contribution is -0.137. The highest BCUT2D eigenvalue weighted by Crippen LogP contribution is 2.26. The molecule has 1 N–H and O–H groups in total. The molecule has 0 aliphatic carbocycles. The van der Waals surface area contributed by atoms with Gasteiger partial charge >= 0.3 is 5.97 Å². The molecule has 0 atom stereocenters. The lowest BCUT2D eigenvalue weighted by Gasteiger charge is -2.13. The zero-order valence-corrected chi connectivity index (χ0v) is 15.7. The van der Waals surface area contributed by atoms with Crippen LogP contribution in [0, 0.1) is 0 Å². The summed E-state index contributed by atoms with van der Waals surface area (Å²) < 4.78 is 1.67. The molecule has 3 aromatic rings. The average Bonchev–Trinajstić information content (AvgIpc) is 3.15. The monoisotopic (exact) mass is 395 g/mol. The van der Waals surface area contributed by atoms with E-state index in [2.05, 4.69) is 4.98 Å². The van der Waals surface area contributed by atoms with Crippen LogP contribution >= 0.6 is 11.8 Å². The number of aliphatic carboxylic acids is 1. The topological polar surface area (TPSA) is 92.5 Å². The van der Waals surface area contributed by atoms with Crippen molar-refractivity contribution in [2.24, 2.45) is 0 Å². The third-order valence-corrected chi connectivity index (χ3v) is 5.61. The molecule has 0 fully saturated rings. The van der Waals surface area contributed by atoms with Crippen molar-refractivity contribution in [3.63, 3.8) is 0 Å². The highest BCUT2D eigenvalue weighted by Gasteiger charge is 2.34. The number of para-hydroxylation sites is 2. The summed E-state index contributed by atoms with van der Waals surface area (Å²) in [7, 11) is 0. The minimum absolute atomic E-state index is 0.165. The molecule has 0 unspecified atom stereocenters. The summed E-state index contributed by atoms with van der Waals surface area (Å²) in [5, 5.41) is 9.81. The second-order valence-electron chi connectivity index (χ2n) is 6.37.